The van der Waals surface area contributed by atoms with E-state index in [1.165, 1.54) is 6.07 Å². The number of rotatable bonds is 3. The molecule has 0 N–H and O–H groups in total. The lowest BCUT2D eigenvalue weighted by Gasteiger charge is -2.15. The van der Waals surface area contributed by atoms with E-state index in [4.69, 9.17) is 4.74 Å². The van der Waals surface area contributed by atoms with Crippen molar-refractivity contribution in [2.75, 3.05) is 6.61 Å². The summed E-state index contributed by atoms with van der Waals surface area (Å²) in [6.45, 7) is 3.68. The summed E-state index contributed by atoms with van der Waals surface area (Å²) in [6.07, 6.45) is 3.56. The first-order chi connectivity index (χ1) is 10.5. The van der Waals surface area contributed by atoms with Gasteiger partial charge in [-0.05, 0) is 60.9 Å². The number of nitrogens with zero attached hydrogens (tertiary/aromatic N) is 1. The SMILES string of the molecule is CCOC(=O)c1cn(C2CC2)c2c(C)c(I)c(F)cc2c1=O. The van der Waals surface area contributed by atoms with Crippen LogP contribution in [0.5, 0.6) is 0 Å². The number of aromatic nitrogens is 1. The molecule has 0 atom stereocenters. The van der Waals surface area contributed by atoms with Gasteiger partial charge in [0.05, 0.1) is 15.7 Å². The van der Waals surface area contributed by atoms with Crippen LogP contribution in [-0.4, -0.2) is 17.1 Å². The van der Waals surface area contributed by atoms with E-state index in [0.29, 0.717) is 9.09 Å². The summed E-state index contributed by atoms with van der Waals surface area (Å²) in [5.74, 6) is -1.09. The zero-order valence-corrected chi connectivity index (χ0v) is 14.4. The molecule has 1 fully saturated rings. The zero-order valence-electron chi connectivity index (χ0n) is 12.3. The number of benzene rings is 1. The van der Waals surface area contributed by atoms with Crippen molar-refractivity contribution in [2.45, 2.75) is 32.7 Å². The summed E-state index contributed by atoms with van der Waals surface area (Å²) in [5, 5.41) is 0.243. The lowest BCUT2D eigenvalue weighted by atomic mass is 10.1. The third-order valence-corrected chi connectivity index (χ3v) is 5.20. The molecule has 22 heavy (non-hydrogen) atoms. The van der Waals surface area contributed by atoms with E-state index in [-0.39, 0.29) is 23.6 Å². The van der Waals surface area contributed by atoms with Gasteiger partial charge in [0.15, 0.2) is 0 Å². The Morgan fingerprint density at radius 3 is 2.77 bits per heavy atom. The summed E-state index contributed by atoms with van der Waals surface area (Å²) >= 11 is 1.94. The summed E-state index contributed by atoms with van der Waals surface area (Å²) in [5.41, 5.74) is 0.950. The van der Waals surface area contributed by atoms with Crippen LogP contribution in [0.15, 0.2) is 17.1 Å². The first-order valence-electron chi connectivity index (χ1n) is 7.16. The maximum Gasteiger partial charge on any atom is 0.343 e. The number of halogens is 2. The van der Waals surface area contributed by atoms with E-state index >= 15 is 0 Å². The standard InChI is InChI=1S/C16H15FINO3/c1-3-22-16(21)11-7-19(9-4-5-9)14-8(2)13(18)12(17)6-10(14)15(11)20/h6-7,9H,3-5H2,1-2H3. The molecule has 6 heteroatoms. The maximum absolute atomic E-state index is 14.0. The molecule has 3 rings (SSSR count). The second-order valence-electron chi connectivity index (χ2n) is 5.42. The maximum atomic E-state index is 14.0. The molecule has 1 heterocycles. The number of carbonyl (C=O) groups excluding carboxylic acids is 1. The molecule has 116 valence electrons. The molecule has 2 aromatic rings. The molecule has 0 amide bonds. The molecule has 1 aromatic heterocycles. The minimum atomic E-state index is -0.652. The Morgan fingerprint density at radius 1 is 1.50 bits per heavy atom. The number of hydrogen-bond acceptors (Lipinski definition) is 3. The van der Waals surface area contributed by atoms with Crippen LogP contribution in [0.4, 0.5) is 4.39 Å². The van der Waals surface area contributed by atoms with Crippen LogP contribution in [0.2, 0.25) is 0 Å². The highest BCUT2D eigenvalue weighted by atomic mass is 127. The van der Waals surface area contributed by atoms with Crippen LogP contribution in [0.1, 0.15) is 41.7 Å². The van der Waals surface area contributed by atoms with Gasteiger partial charge in [0.25, 0.3) is 0 Å². The molecule has 0 radical (unpaired) electrons. The molecular weight excluding hydrogens is 400 g/mol. The van der Waals surface area contributed by atoms with Gasteiger partial charge < -0.3 is 9.30 Å². The van der Waals surface area contributed by atoms with Crippen molar-refractivity contribution >= 4 is 39.5 Å². The fourth-order valence-electron chi connectivity index (χ4n) is 2.65. The van der Waals surface area contributed by atoms with Crippen LogP contribution in [0.25, 0.3) is 10.9 Å². The fourth-order valence-corrected chi connectivity index (χ4v) is 3.06. The lowest BCUT2D eigenvalue weighted by Crippen LogP contribution is -2.21. The van der Waals surface area contributed by atoms with Gasteiger partial charge in [0.2, 0.25) is 5.43 Å². The molecule has 0 spiro atoms. The number of pyridine rings is 1. The zero-order chi connectivity index (χ0) is 16.0. The minimum Gasteiger partial charge on any atom is -0.462 e. The van der Waals surface area contributed by atoms with Gasteiger partial charge >= 0.3 is 5.97 Å². The van der Waals surface area contributed by atoms with E-state index in [2.05, 4.69) is 0 Å². The van der Waals surface area contributed by atoms with Crippen LogP contribution < -0.4 is 5.43 Å². The highest BCUT2D eigenvalue weighted by Gasteiger charge is 2.28. The highest BCUT2D eigenvalue weighted by molar-refractivity contribution is 14.1. The van der Waals surface area contributed by atoms with Crippen molar-refractivity contribution in [1.82, 2.24) is 4.57 Å². The van der Waals surface area contributed by atoms with Crippen LogP contribution in [0.3, 0.4) is 0 Å². The average molecular weight is 415 g/mol. The van der Waals surface area contributed by atoms with Crippen molar-refractivity contribution in [3.8, 4) is 0 Å². The van der Waals surface area contributed by atoms with Crippen molar-refractivity contribution < 1.29 is 13.9 Å². The topological polar surface area (TPSA) is 48.3 Å². The van der Waals surface area contributed by atoms with Gasteiger partial charge in [0, 0.05) is 17.6 Å². The van der Waals surface area contributed by atoms with Gasteiger partial charge in [-0.3, -0.25) is 4.79 Å². The Bertz CT molecular complexity index is 840. The molecule has 1 saturated carbocycles. The monoisotopic (exact) mass is 415 g/mol. The molecule has 0 aliphatic heterocycles. The lowest BCUT2D eigenvalue weighted by molar-refractivity contribution is 0.0524. The van der Waals surface area contributed by atoms with Crippen LogP contribution in [0, 0.1) is 16.3 Å². The molecule has 1 aliphatic carbocycles. The Kier molecular flexibility index (Phi) is 3.96. The molecule has 1 aromatic carbocycles. The number of aryl methyl sites for hydroxylation is 1. The van der Waals surface area contributed by atoms with Gasteiger partial charge in [0.1, 0.15) is 11.4 Å². The van der Waals surface area contributed by atoms with Crippen molar-refractivity contribution in [2.24, 2.45) is 0 Å². The van der Waals surface area contributed by atoms with Gasteiger partial charge in [-0.15, -0.1) is 0 Å². The molecule has 0 unspecified atom stereocenters. The van der Waals surface area contributed by atoms with Crippen molar-refractivity contribution in [1.29, 1.82) is 0 Å². The molecule has 0 saturated heterocycles. The average Bonchev–Trinajstić information content (AvgIpc) is 3.30. The van der Waals surface area contributed by atoms with E-state index in [0.717, 1.165) is 18.4 Å². The second-order valence-corrected chi connectivity index (χ2v) is 6.50. The van der Waals surface area contributed by atoms with Crippen molar-refractivity contribution in [3.05, 3.63) is 43.0 Å². The number of esters is 1. The fraction of sp³-hybridized carbons (Fsp3) is 0.375. The highest BCUT2D eigenvalue weighted by Crippen LogP contribution is 2.38. The summed E-state index contributed by atoms with van der Waals surface area (Å²) < 4.78 is 21.4. The van der Waals surface area contributed by atoms with Gasteiger partial charge in [-0.25, -0.2) is 9.18 Å². The normalized spacial score (nSPS) is 14.4. The summed E-state index contributed by atoms with van der Waals surface area (Å²) in [4.78, 5) is 24.6. The van der Waals surface area contributed by atoms with E-state index < -0.39 is 17.2 Å². The first-order valence-corrected chi connectivity index (χ1v) is 8.24. The number of fused-ring (bicyclic) bond motifs is 1. The number of hydrogen-bond donors (Lipinski definition) is 0. The largest absolute Gasteiger partial charge is 0.462 e. The van der Waals surface area contributed by atoms with Crippen LogP contribution in [-0.2, 0) is 4.74 Å². The van der Waals surface area contributed by atoms with Crippen LogP contribution >= 0.6 is 22.6 Å². The Hall–Kier alpha value is -1.44. The Morgan fingerprint density at radius 2 is 2.18 bits per heavy atom. The second kappa shape index (κ2) is 5.64. The quantitative estimate of drug-likeness (QED) is 0.569. The molecule has 0 bridgehead atoms. The van der Waals surface area contributed by atoms with E-state index in [1.807, 2.05) is 27.2 Å². The van der Waals surface area contributed by atoms with Gasteiger partial charge in [-0.1, -0.05) is 0 Å². The Balaban J connectivity index is 2.38. The molecule has 1 aliphatic rings. The smallest absolute Gasteiger partial charge is 0.343 e. The van der Waals surface area contributed by atoms with Gasteiger partial charge in [-0.2, -0.15) is 0 Å². The first kappa shape index (κ1) is 15.5. The Labute approximate surface area is 140 Å². The predicted octanol–water partition coefficient (Wildman–Crippen LogP) is 3.57. The third kappa shape index (κ3) is 2.43. The van der Waals surface area contributed by atoms with E-state index in [9.17, 15) is 14.0 Å². The molecular formula is C16H15FINO3. The number of ether oxygens (including phenoxy) is 1. The summed E-state index contributed by atoms with van der Waals surface area (Å²) in [7, 11) is 0. The minimum absolute atomic E-state index is 0.0266. The summed E-state index contributed by atoms with van der Waals surface area (Å²) in [6, 6.07) is 1.49. The van der Waals surface area contributed by atoms with E-state index in [1.54, 1.807) is 20.0 Å². The predicted molar refractivity (Wildman–Crippen MR) is 89.8 cm³/mol. The molecule has 4 nitrogen and oxygen atoms in total. The number of carbonyl (C=O) groups is 1. The van der Waals surface area contributed by atoms with Crippen molar-refractivity contribution in [3.63, 3.8) is 0 Å². The third-order valence-electron chi connectivity index (χ3n) is 3.87.